The first-order chi connectivity index (χ1) is 8.29. The quantitative estimate of drug-likeness (QED) is 0.577. The summed E-state index contributed by atoms with van der Waals surface area (Å²) >= 11 is 0. The van der Waals surface area contributed by atoms with Gasteiger partial charge in [-0.25, -0.2) is 19.7 Å². The average Bonchev–Trinajstić information content (AvgIpc) is 2.90. The lowest BCUT2D eigenvalue weighted by Crippen LogP contribution is -1.98. The molecule has 6 nitrogen and oxygen atoms in total. The van der Waals surface area contributed by atoms with Crippen molar-refractivity contribution in [2.24, 2.45) is 0 Å². The Kier molecular flexibility index (Phi) is 3.25. The molecule has 0 unspecified atom stereocenters. The fourth-order valence-electron chi connectivity index (χ4n) is 1.16. The van der Waals surface area contributed by atoms with Crippen LogP contribution in [0, 0.1) is 0 Å². The van der Waals surface area contributed by atoms with Crippen molar-refractivity contribution in [3.8, 4) is 5.95 Å². The van der Waals surface area contributed by atoms with Crippen LogP contribution < -0.4 is 0 Å². The maximum absolute atomic E-state index is 10.9. The third kappa shape index (κ3) is 2.75. The fraction of sp³-hybridized carbons (Fsp3) is 0.0909. The Hall–Kier alpha value is -2.50. The van der Waals surface area contributed by atoms with E-state index in [4.69, 9.17) is 0 Å². The number of methoxy groups -OCH3 is 1. The van der Waals surface area contributed by atoms with Gasteiger partial charge in [0.15, 0.2) is 0 Å². The van der Waals surface area contributed by atoms with Gasteiger partial charge in [-0.2, -0.15) is 0 Å². The van der Waals surface area contributed by atoms with Gasteiger partial charge in [-0.3, -0.25) is 4.57 Å². The first-order valence-electron chi connectivity index (χ1n) is 4.86. The summed E-state index contributed by atoms with van der Waals surface area (Å²) in [7, 11) is 1.32. The van der Waals surface area contributed by atoms with Crippen LogP contribution in [-0.2, 0) is 9.53 Å². The summed E-state index contributed by atoms with van der Waals surface area (Å²) in [4.78, 5) is 23.0. The van der Waals surface area contributed by atoms with Gasteiger partial charge in [0, 0.05) is 36.4 Å². The molecule has 2 rings (SSSR count). The van der Waals surface area contributed by atoms with Crippen molar-refractivity contribution in [2.75, 3.05) is 7.11 Å². The molecule has 17 heavy (non-hydrogen) atoms. The molecule has 0 aliphatic carbocycles. The summed E-state index contributed by atoms with van der Waals surface area (Å²) in [5, 5.41) is 0. The molecule has 0 amide bonds. The van der Waals surface area contributed by atoms with Gasteiger partial charge in [-0.15, -0.1) is 0 Å². The fourth-order valence-corrected chi connectivity index (χ4v) is 1.16. The molecule has 0 fully saturated rings. The van der Waals surface area contributed by atoms with Crippen molar-refractivity contribution in [1.82, 2.24) is 19.5 Å². The number of hydrogen-bond donors (Lipinski definition) is 0. The number of carbonyl (C=O) groups is 1. The van der Waals surface area contributed by atoms with Crippen molar-refractivity contribution in [3.63, 3.8) is 0 Å². The van der Waals surface area contributed by atoms with Crippen LogP contribution in [0.25, 0.3) is 12.0 Å². The molecule has 86 valence electrons. The molecule has 2 aromatic heterocycles. The topological polar surface area (TPSA) is 69.9 Å². The van der Waals surface area contributed by atoms with E-state index in [2.05, 4.69) is 19.7 Å². The highest BCUT2D eigenvalue weighted by Crippen LogP contribution is 2.02. The zero-order chi connectivity index (χ0) is 12.1. The summed E-state index contributed by atoms with van der Waals surface area (Å²) in [5.41, 5.74) is 0.722. The zero-order valence-corrected chi connectivity index (χ0v) is 9.15. The van der Waals surface area contributed by atoms with Gasteiger partial charge in [-0.1, -0.05) is 0 Å². The predicted molar refractivity (Wildman–Crippen MR) is 60.2 cm³/mol. The molecule has 0 saturated heterocycles. The second kappa shape index (κ2) is 5.02. The van der Waals surface area contributed by atoms with E-state index in [1.807, 2.05) is 0 Å². The molecule has 0 atom stereocenters. The third-order valence-corrected chi connectivity index (χ3v) is 2.01. The molecule has 0 aromatic carbocycles. The minimum atomic E-state index is -0.413. The largest absolute Gasteiger partial charge is 0.466 e. The third-order valence-electron chi connectivity index (χ3n) is 2.01. The van der Waals surface area contributed by atoms with Crippen LogP contribution >= 0.6 is 0 Å². The van der Waals surface area contributed by atoms with Gasteiger partial charge in [-0.05, 0) is 6.08 Å². The van der Waals surface area contributed by atoms with E-state index in [-0.39, 0.29) is 0 Å². The molecule has 0 N–H and O–H groups in total. The molecule has 0 spiro atoms. The molecule has 0 aliphatic heterocycles. The van der Waals surface area contributed by atoms with E-state index < -0.39 is 5.97 Å². The van der Waals surface area contributed by atoms with Gasteiger partial charge in [0.25, 0.3) is 0 Å². The van der Waals surface area contributed by atoms with Gasteiger partial charge in [0.1, 0.15) is 6.33 Å². The lowest BCUT2D eigenvalue weighted by Gasteiger charge is -1.99. The Bertz CT molecular complexity index is 517. The molecular weight excluding hydrogens is 220 g/mol. The molecule has 0 bridgehead atoms. The van der Waals surface area contributed by atoms with E-state index in [1.165, 1.54) is 13.2 Å². The maximum atomic E-state index is 10.9. The van der Waals surface area contributed by atoms with Crippen LogP contribution in [-0.4, -0.2) is 32.6 Å². The van der Waals surface area contributed by atoms with Crippen molar-refractivity contribution in [2.45, 2.75) is 0 Å². The van der Waals surface area contributed by atoms with E-state index in [1.54, 1.807) is 41.8 Å². The van der Waals surface area contributed by atoms with Crippen LogP contribution in [0.15, 0.2) is 37.2 Å². The van der Waals surface area contributed by atoms with Crippen LogP contribution in [0.5, 0.6) is 0 Å². The van der Waals surface area contributed by atoms with E-state index in [9.17, 15) is 4.79 Å². The number of ether oxygens (including phenoxy) is 1. The Morgan fingerprint density at radius 1 is 1.41 bits per heavy atom. The van der Waals surface area contributed by atoms with E-state index in [0.717, 1.165) is 5.56 Å². The number of rotatable bonds is 3. The number of esters is 1. The molecule has 6 heteroatoms. The van der Waals surface area contributed by atoms with Crippen molar-refractivity contribution in [3.05, 3.63) is 42.8 Å². The lowest BCUT2D eigenvalue weighted by atomic mass is 10.3. The molecule has 0 radical (unpaired) electrons. The Morgan fingerprint density at radius 2 is 2.18 bits per heavy atom. The molecule has 0 aliphatic rings. The highest BCUT2D eigenvalue weighted by Gasteiger charge is 1.98. The van der Waals surface area contributed by atoms with Gasteiger partial charge < -0.3 is 4.74 Å². The van der Waals surface area contributed by atoms with Crippen molar-refractivity contribution < 1.29 is 9.53 Å². The highest BCUT2D eigenvalue weighted by molar-refractivity contribution is 5.86. The van der Waals surface area contributed by atoms with Crippen molar-refractivity contribution in [1.29, 1.82) is 0 Å². The zero-order valence-electron chi connectivity index (χ0n) is 9.15. The number of hydrogen-bond acceptors (Lipinski definition) is 5. The first kappa shape index (κ1) is 11.0. The lowest BCUT2D eigenvalue weighted by molar-refractivity contribution is -0.134. The van der Waals surface area contributed by atoms with Crippen LogP contribution in [0.2, 0.25) is 0 Å². The van der Waals surface area contributed by atoms with Gasteiger partial charge >= 0.3 is 5.97 Å². The minimum Gasteiger partial charge on any atom is -0.466 e. The predicted octanol–water partition coefficient (Wildman–Crippen LogP) is 0.848. The standard InChI is InChI=1S/C11H10N4O2/c1-17-10(16)3-2-9-6-13-11(14-7-9)15-5-4-12-8-15/h2-8H,1H3. The molecule has 2 aromatic rings. The monoisotopic (exact) mass is 230 g/mol. The number of nitrogens with zero attached hydrogens (tertiary/aromatic N) is 4. The Labute approximate surface area is 97.6 Å². The summed E-state index contributed by atoms with van der Waals surface area (Å²) in [6.45, 7) is 0. The van der Waals surface area contributed by atoms with E-state index >= 15 is 0 Å². The normalized spacial score (nSPS) is 10.6. The summed E-state index contributed by atoms with van der Waals surface area (Å²) in [5.74, 6) is 0.112. The minimum absolute atomic E-state index is 0.413. The van der Waals surface area contributed by atoms with Crippen LogP contribution in [0.4, 0.5) is 0 Å². The summed E-state index contributed by atoms with van der Waals surface area (Å²) in [6.07, 6.45) is 11.1. The average molecular weight is 230 g/mol. The second-order valence-electron chi connectivity index (χ2n) is 3.14. The van der Waals surface area contributed by atoms with Crippen LogP contribution in [0.3, 0.4) is 0 Å². The van der Waals surface area contributed by atoms with Crippen molar-refractivity contribution >= 4 is 12.0 Å². The Balaban J connectivity index is 2.14. The first-order valence-corrected chi connectivity index (χ1v) is 4.86. The second-order valence-corrected chi connectivity index (χ2v) is 3.14. The number of imidazole rings is 1. The molecule has 2 heterocycles. The highest BCUT2D eigenvalue weighted by atomic mass is 16.5. The van der Waals surface area contributed by atoms with E-state index in [0.29, 0.717) is 5.95 Å². The smallest absolute Gasteiger partial charge is 0.330 e. The SMILES string of the molecule is COC(=O)C=Cc1cnc(-n2ccnc2)nc1. The summed E-state index contributed by atoms with van der Waals surface area (Å²) in [6, 6.07) is 0. The summed E-state index contributed by atoms with van der Waals surface area (Å²) < 4.78 is 6.16. The van der Waals surface area contributed by atoms with Gasteiger partial charge in [0.2, 0.25) is 5.95 Å². The molecular formula is C11H10N4O2. The van der Waals surface area contributed by atoms with Crippen LogP contribution in [0.1, 0.15) is 5.56 Å². The number of carbonyl (C=O) groups excluding carboxylic acids is 1. The Morgan fingerprint density at radius 3 is 2.76 bits per heavy atom. The number of aromatic nitrogens is 4. The van der Waals surface area contributed by atoms with Gasteiger partial charge in [0.05, 0.1) is 7.11 Å². The maximum Gasteiger partial charge on any atom is 0.330 e. The molecule has 0 saturated carbocycles.